The molecule has 0 saturated carbocycles. The van der Waals surface area contributed by atoms with Gasteiger partial charge in [0.2, 0.25) is 5.41 Å². The maximum atomic E-state index is 15.0. The Labute approximate surface area is 361 Å². The molecule has 326 valence electrons. The number of hydrogen-bond donors (Lipinski definition) is 2. The summed E-state index contributed by atoms with van der Waals surface area (Å²) in [6.45, 7) is 5.22. The van der Waals surface area contributed by atoms with E-state index in [9.17, 15) is 55.7 Å². The summed E-state index contributed by atoms with van der Waals surface area (Å²) in [6.07, 6.45) is -11.8. The van der Waals surface area contributed by atoms with Crippen molar-refractivity contribution in [1.29, 1.82) is 0 Å². The zero-order valence-electron chi connectivity index (χ0n) is 34.4. The highest BCUT2D eigenvalue weighted by Crippen LogP contribution is 2.57. The van der Waals surface area contributed by atoms with Crippen LogP contribution in [0.25, 0.3) is 0 Å². The van der Waals surface area contributed by atoms with Gasteiger partial charge >= 0.3 is 12.4 Å². The van der Waals surface area contributed by atoms with E-state index in [0.29, 0.717) is 63.9 Å². The lowest BCUT2D eigenvalue weighted by Gasteiger charge is -2.39. The third kappa shape index (κ3) is 6.91. The zero-order valence-corrected chi connectivity index (χ0v) is 34.4. The molecule has 0 radical (unpaired) electrons. The van der Waals surface area contributed by atoms with Crippen LogP contribution in [0.15, 0.2) is 121 Å². The first-order valence-electron chi connectivity index (χ1n) is 19.7. The third-order valence-corrected chi connectivity index (χ3v) is 12.0. The molecule has 2 heterocycles. The van der Waals surface area contributed by atoms with Gasteiger partial charge in [-0.25, -0.2) is 4.90 Å². The molecule has 0 aromatic heterocycles. The molecular formula is C49H36F6N2O7. The molecule has 6 aromatic carbocycles. The summed E-state index contributed by atoms with van der Waals surface area (Å²) in [5.41, 5.74) is -5.39. The number of carbonyl (C=O) groups is 4. The number of aromatic hydroxyl groups is 2. The number of halogens is 6. The highest BCUT2D eigenvalue weighted by Gasteiger charge is 2.72. The largest absolute Gasteiger partial charge is 0.508 e. The molecular weight excluding hydrogens is 843 g/mol. The number of amides is 4. The monoisotopic (exact) mass is 878 g/mol. The number of phenols is 2. The van der Waals surface area contributed by atoms with E-state index in [2.05, 4.69) is 0 Å². The normalized spacial score (nSPS) is 14.3. The number of ether oxygens (including phenoxy) is 1. The number of anilines is 1. The molecule has 4 amide bonds. The van der Waals surface area contributed by atoms with Gasteiger partial charge in [-0.15, -0.1) is 0 Å². The molecule has 2 N–H and O–H groups in total. The number of aryl methyl sites for hydroxylation is 1. The fourth-order valence-corrected chi connectivity index (χ4v) is 8.34. The van der Waals surface area contributed by atoms with Crippen molar-refractivity contribution >= 4 is 29.3 Å². The van der Waals surface area contributed by atoms with E-state index in [1.54, 1.807) is 30.3 Å². The van der Waals surface area contributed by atoms with Gasteiger partial charge < -0.3 is 14.9 Å². The molecule has 2 aliphatic rings. The predicted octanol–water partition coefficient (Wildman–Crippen LogP) is 10.6. The number of alkyl halides is 6. The van der Waals surface area contributed by atoms with Crippen LogP contribution in [0.1, 0.15) is 94.2 Å². The van der Waals surface area contributed by atoms with E-state index in [4.69, 9.17) is 4.74 Å². The lowest BCUT2D eigenvalue weighted by atomic mass is 9.72. The van der Waals surface area contributed by atoms with Gasteiger partial charge in [0.1, 0.15) is 23.0 Å². The average molecular weight is 879 g/mol. The van der Waals surface area contributed by atoms with Gasteiger partial charge in [-0.05, 0) is 113 Å². The van der Waals surface area contributed by atoms with Crippen LogP contribution in [-0.2, 0) is 17.3 Å². The van der Waals surface area contributed by atoms with Gasteiger partial charge in [0.05, 0.1) is 27.9 Å². The SMILES string of the molecule is Cc1cc(C(c2ccc(O)c(N3C(=O)c4ccc(Cc5ccc(C(C)(C)c6ccc(Oc7ccc8c(c7)C(=O)N(C)C8=O)cc6)cc5)cc4C3=O)c2)(C(F)(F)F)C(F)(F)F)ccc1O. The van der Waals surface area contributed by atoms with E-state index in [0.717, 1.165) is 28.5 Å². The molecule has 15 heteroatoms. The van der Waals surface area contributed by atoms with E-state index in [-0.39, 0.29) is 34.6 Å². The molecule has 6 aromatic rings. The smallest absolute Gasteiger partial charge is 0.411 e. The number of fused-ring (bicyclic) bond motifs is 2. The molecule has 0 bridgehead atoms. The summed E-state index contributed by atoms with van der Waals surface area (Å²) in [5, 5.41) is 20.7. The zero-order chi connectivity index (χ0) is 46.3. The van der Waals surface area contributed by atoms with Crippen LogP contribution in [0.4, 0.5) is 32.0 Å². The lowest BCUT2D eigenvalue weighted by molar-refractivity contribution is -0.288. The Morgan fingerprint density at radius 3 is 1.59 bits per heavy atom. The van der Waals surface area contributed by atoms with Gasteiger partial charge in [0, 0.05) is 12.5 Å². The van der Waals surface area contributed by atoms with Crippen molar-refractivity contribution < 1.29 is 60.5 Å². The Hall–Kier alpha value is -7.42. The van der Waals surface area contributed by atoms with Crippen molar-refractivity contribution in [3.8, 4) is 23.0 Å². The van der Waals surface area contributed by atoms with Gasteiger partial charge in [-0.3, -0.25) is 24.1 Å². The first-order valence-corrected chi connectivity index (χ1v) is 19.7. The number of phenolic OH excluding ortho intramolecular Hbond substituents is 2. The van der Waals surface area contributed by atoms with Crippen LogP contribution in [-0.4, -0.2) is 58.1 Å². The molecule has 0 atom stereocenters. The second-order valence-corrected chi connectivity index (χ2v) is 16.3. The molecule has 64 heavy (non-hydrogen) atoms. The number of rotatable bonds is 9. The Balaban J connectivity index is 1.01. The number of nitrogens with zero attached hydrogens (tertiary/aromatic N) is 2. The maximum Gasteiger partial charge on any atom is 0.411 e. The van der Waals surface area contributed by atoms with Crippen molar-refractivity contribution in [2.24, 2.45) is 0 Å². The minimum atomic E-state index is -6.02. The minimum Gasteiger partial charge on any atom is -0.508 e. The topological polar surface area (TPSA) is 124 Å². The molecule has 2 aliphatic heterocycles. The van der Waals surface area contributed by atoms with Gasteiger partial charge in [0.25, 0.3) is 23.6 Å². The van der Waals surface area contributed by atoms with Crippen LogP contribution in [0.2, 0.25) is 0 Å². The van der Waals surface area contributed by atoms with Crippen LogP contribution >= 0.6 is 0 Å². The predicted molar refractivity (Wildman–Crippen MR) is 222 cm³/mol. The third-order valence-electron chi connectivity index (χ3n) is 12.0. The average Bonchev–Trinajstić information content (AvgIpc) is 3.61. The Morgan fingerprint density at radius 2 is 0.984 bits per heavy atom. The first-order chi connectivity index (χ1) is 30.0. The first kappa shape index (κ1) is 43.2. The number of imide groups is 2. The van der Waals surface area contributed by atoms with Crippen molar-refractivity contribution in [2.45, 2.75) is 50.4 Å². The van der Waals surface area contributed by atoms with Gasteiger partial charge in [-0.1, -0.05) is 74.5 Å². The minimum absolute atomic E-state index is 0.156. The Kier molecular flexibility index (Phi) is 10.2. The van der Waals surface area contributed by atoms with Gasteiger partial charge in [-0.2, -0.15) is 26.3 Å². The van der Waals surface area contributed by atoms with Crippen LogP contribution in [0.5, 0.6) is 23.0 Å². The van der Waals surface area contributed by atoms with Gasteiger partial charge in [0.15, 0.2) is 0 Å². The maximum absolute atomic E-state index is 15.0. The Morgan fingerprint density at radius 1 is 0.516 bits per heavy atom. The lowest BCUT2D eigenvalue weighted by Crippen LogP contribution is -2.54. The second kappa shape index (κ2) is 15.1. The van der Waals surface area contributed by atoms with Crippen molar-refractivity contribution in [3.63, 3.8) is 0 Å². The summed E-state index contributed by atoms with van der Waals surface area (Å²) in [6, 6.07) is 27.3. The Bertz CT molecular complexity index is 2910. The number of benzene rings is 6. The summed E-state index contributed by atoms with van der Waals surface area (Å²) < 4.78 is 95.7. The van der Waals surface area contributed by atoms with E-state index >= 15 is 0 Å². The fourth-order valence-electron chi connectivity index (χ4n) is 8.34. The number of hydrogen-bond acceptors (Lipinski definition) is 7. The van der Waals surface area contributed by atoms with Crippen molar-refractivity contribution in [3.05, 3.63) is 183 Å². The number of carbonyl (C=O) groups excluding carboxylic acids is 4. The van der Waals surface area contributed by atoms with Crippen molar-refractivity contribution in [1.82, 2.24) is 4.90 Å². The quantitative estimate of drug-likeness (QED) is 0.109. The van der Waals surface area contributed by atoms with E-state index < -0.39 is 69.2 Å². The molecule has 9 nitrogen and oxygen atoms in total. The molecule has 0 saturated heterocycles. The van der Waals surface area contributed by atoms with Crippen LogP contribution in [0.3, 0.4) is 0 Å². The summed E-state index contributed by atoms with van der Waals surface area (Å²) in [5.74, 6) is -3.40. The van der Waals surface area contributed by atoms with Crippen LogP contribution < -0.4 is 9.64 Å². The molecule has 0 spiro atoms. The van der Waals surface area contributed by atoms with Crippen molar-refractivity contribution in [2.75, 3.05) is 11.9 Å². The van der Waals surface area contributed by atoms with Crippen LogP contribution in [0, 0.1) is 6.92 Å². The molecule has 0 unspecified atom stereocenters. The van der Waals surface area contributed by atoms with E-state index in [1.165, 1.54) is 25.2 Å². The second-order valence-electron chi connectivity index (χ2n) is 16.3. The van der Waals surface area contributed by atoms with E-state index in [1.807, 2.05) is 50.2 Å². The molecule has 8 rings (SSSR count). The summed E-state index contributed by atoms with van der Waals surface area (Å²) in [7, 11) is 1.42. The molecule has 0 aliphatic carbocycles. The highest BCUT2D eigenvalue weighted by molar-refractivity contribution is 6.35. The summed E-state index contributed by atoms with van der Waals surface area (Å²) >= 11 is 0. The highest BCUT2D eigenvalue weighted by atomic mass is 19.4. The fraction of sp³-hybridized carbons (Fsp3) is 0.184. The standard InChI is InChI=1S/C49H36F6N2O7/c1-26-21-31(12-19-40(26)58)47(48(50,51)52,49(53,54)55)32-13-20-41(59)39(24-32)57-44(62)36-17-7-28(23-37(36)45(57)63)22-27-5-8-29(9-6-27)46(2,3)30-10-14-33(15-11-30)64-34-16-18-35-38(25-34)43(61)56(4)42(35)60/h5-21,23-25,58-59H,22H2,1-4H3. The molecule has 0 fully saturated rings. The summed E-state index contributed by atoms with van der Waals surface area (Å²) in [4.78, 5) is 53.6.